The Hall–Kier alpha value is -3.62. The first-order valence-electron chi connectivity index (χ1n) is 11.4. The van der Waals surface area contributed by atoms with Crippen molar-refractivity contribution in [1.29, 1.82) is 0 Å². The number of nitrogens with zero attached hydrogens (tertiary/aromatic N) is 5. The molecule has 1 fully saturated rings. The van der Waals surface area contributed by atoms with Crippen molar-refractivity contribution in [2.75, 3.05) is 50.1 Å². The summed E-state index contributed by atoms with van der Waals surface area (Å²) in [4.78, 5) is 11.0. The highest BCUT2D eigenvalue weighted by molar-refractivity contribution is 5.82. The van der Waals surface area contributed by atoms with Gasteiger partial charge in [-0.1, -0.05) is 12.1 Å². The molecule has 2 aliphatic rings. The number of rotatable bonds is 5. The van der Waals surface area contributed by atoms with Crippen molar-refractivity contribution in [2.45, 2.75) is 6.17 Å². The first-order valence-corrected chi connectivity index (χ1v) is 11.4. The van der Waals surface area contributed by atoms with Crippen molar-refractivity contribution >= 4 is 17.1 Å². The molecule has 34 heavy (non-hydrogen) atoms. The van der Waals surface area contributed by atoms with Crippen LogP contribution in [0, 0.1) is 5.82 Å². The van der Waals surface area contributed by atoms with E-state index in [9.17, 15) is 4.39 Å². The first-order chi connectivity index (χ1) is 16.5. The Morgan fingerprint density at radius 2 is 1.88 bits per heavy atom. The summed E-state index contributed by atoms with van der Waals surface area (Å²) in [6.45, 7) is 4.08. The molecule has 176 valence electrons. The molecule has 2 N–H and O–H groups in total. The van der Waals surface area contributed by atoms with Crippen LogP contribution in [0.5, 0.6) is 5.75 Å². The van der Waals surface area contributed by atoms with Crippen LogP contribution >= 0.6 is 0 Å². The minimum Gasteiger partial charge on any atom is -0.496 e. The van der Waals surface area contributed by atoms with E-state index in [0.29, 0.717) is 5.69 Å². The van der Waals surface area contributed by atoms with Gasteiger partial charge in [0, 0.05) is 55.3 Å². The number of likely N-dealkylation sites (N-methyl/N-ethyl adjacent to an activating group) is 1. The van der Waals surface area contributed by atoms with E-state index in [0.717, 1.165) is 54.6 Å². The van der Waals surface area contributed by atoms with E-state index in [1.54, 1.807) is 25.7 Å². The van der Waals surface area contributed by atoms with Crippen LogP contribution in [0.2, 0.25) is 0 Å². The molecule has 0 radical (unpaired) electrons. The van der Waals surface area contributed by atoms with Crippen LogP contribution in [0.4, 0.5) is 15.9 Å². The van der Waals surface area contributed by atoms with Gasteiger partial charge in [-0.2, -0.15) is 0 Å². The van der Waals surface area contributed by atoms with Gasteiger partial charge in [-0.15, -0.1) is 0 Å². The molecule has 0 spiro atoms. The van der Waals surface area contributed by atoms with E-state index in [-0.39, 0.29) is 12.0 Å². The molecule has 8 heteroatoms. The number of benzene rings is 2. The Morgan fingerprint density at radius 1 is 1.06 bits per heavy atom. The van der Waals surface area contributed by atoms with Crippen molar-refractivity contribution < 1.29 is 9.13 Å². The van der Waals surface area contributed by atoms with Crippen molar-refractivity contribution in [1.82, 2.24) is 14.5 Å². The Balaban J connectivity index is 1.47. The number of aromatic nitrogens is 2. The molecular formula is C26H29FN6O. The summed E-state index contributed by atoms with van der Waals surface area (Å²) in [6.07, 6.45) is 8.94. The Labute approximate surface area is 199 Å². The van der Waals surface area contributed by atoms with E-state index >= 15 is 0 Å². The van der Waals surface area contributed by atoms with Gasteiger partial charge in [-0.25, -0.2) is 9.37 Å². The number of methoxy groups -OCH3 is 1. The highest BCUT2D eigenvalue weighted by Crippen LogP contribution is 2.35. The maximum atomic E-state index is 13.8. The molecule has 0 bridgehead atoms. The van der Waals surface area contributed by atoms with E-state index in [1.807, 2.05) is 33.9 Å². The van der Waals surface area contributed by atoms with Gasteiger partial charge in [0.15, 0.2) is 0 Å². The maximum absolute atomic E-state index is 13.8. The SMILES string of the molecule is COc1cc(N2CCN(C)CC2)ccc1C1=CN(c2cncn2-c2cccc(F)c2)C(N)C=C1. The second kappa shape index (κ2) is 9.32. The highest BCUT2D eigenvalue weighted by atomic mass is 19.1. The summed E-state index contributed by atoms with van der Waals surface area (Å²) >= 11 is 0. The van der Waals surface area contributed by atoms with Gasteiger partial charge in [-0.3, -0.25) is 4.57 Å². The summed E-state index contributed by atoms with van der Waals surface area (Å²) in [5, 5.41) is 0. The van der Waals surface area contributed by atoms with Crippen LogP contribution < -0.4 is 20.3 Å². The lowest BCUT2D eigenvalue weighted by Gasteiger charge is -2.34. The molecule has 1 atom stereocenters. The molecule has 1 aromatic heterocycles. The van der Waals surface area contributed by atoms with Gasteiger partial charge >= 0.3 is 0 Å². The maximum Gasteiger partial charge on any atom is 0.138 e. The monoisotopic (exact) mass is 460 g/mol. The average molecular weight is 461 g/mol. The van der Waals surface area contributed by atoms with Gasteiger partial charge < -0.3 is 25.2 Å². The fraction of sp³-hybridized carbons (Fsp3) is 0.269. The molecule has 0 saturated carbocycles. The number of hydrogen-bond acceptors (Lipinski definition) is 6. The quantitative estimate of drug-likeness (QED) is 0.629. The summed E-state index contributed by atoms with van der Waals surface area (Å²) in [5.41, 5.74) is 10.2. The molecule has 0 amide bonds. The van der Waals surface area contributed by atoms with E-state index < -0.39 is 0 Å². The molecule has 2 aromatic carbocycles. The number of halogens is 1. The van der Waals surface area contributed by atoms with Crippen LogP contribution in [0.15, 0.2) is 73.3 Å². The largest absolute Gasteiger partial charge is 0.496 e. The van der Waals surface area contributed by atoms with Gasteiger partial charge in [0.1, 0.15) is 29.9 Å². The van der Waals surface area contributed by atoms with Crippen molar-refractivity contribution in [3.63, 3.8) is 0 Å². The third-order valence-corrected chi connectivity index (χ3v) is 6.41. The van der Waals surface area contributed by atoms with E-state index in [4.69, 9.17) is 10.5 Å². The molecule has 3 aromatic rings. The zero-order chi connectivity index (χ0) is 23.7. The lowest BCUT2D eigenvalue weighted by Crippen LogP contribution is -2.44. The highest BCUT2D eigenvalue weighted by Gasteiger charge is 2.22. The summed E-state index contributed by atoms with van der Waals surface area (Å²) in [7, 11) is 3.85. The number of allylic oxidation sites excluding steroid dienone is 2. The van der Waals surface area contributed by atoms with Crippen LogP contribution in [0.25, 0.3) is 11.3 Å². The van der Waals surface area contributed by atoms with Crippen LogP contribution in [-0.4, -0.2) is 61.0 Å². The summed E-state index contributed by atoms with van der Waals surface area (Å²) in [6, 6.07) is 12.8. The second-order valence-corrected chi connectivity index (χ2v) is 8.62. The summed E-state index contributed by atoms with van der Waals surface area (Å²) < 4.78 is 21.5. The third-order valence-electron chi connectivity index (χ3n) is 6.41. The third kappa shape index (κ3) is 4.30. The number of ether oxygens (including phenoxy) is 1. The molecule has 3 heterocycles. The molecular weight excluding hydrogens is 431 g/mol. The number of piperazine rings is 1. The Kier molecular flexibility index (Phi) is 6.08. The average Bonchev–Trinajstić information content (AvgIpc) is 3.34. The van der Waals surface area contributed by atoms with Gasteiger partial charge in [0.2, 0.25) is 0 Å². The molecule has 1 saturated heterocycles. The molecule has 5 rings (SSSR count). The predicted molar refractivity (Wildman–Crippen MR) is 134 cm³/mol. The van der Waals surface area contributed by atoms with Crippen molar-refractivity contribution in [3.8, 4) is 11.4 Å². The minimum absolute atomic E-state index is 0.304. The second-order valence-electron chi connectivity index (χ2n) is 8.62. The predicted octanol–water partition coefficient (Wildman–Crippen LogP) is 3.47. The zero-order valence-corrected chi connectivity index (χ0v) is 19.4. The summed E-state index contributed by atoms with van der Waals surface area (Å²) in [5.74, 6) is 1.25. The van der Waals surface area contributed by atoms with Gasteiger partial charge in [0.25, 0.3) is 0 Å². The number of imidazole rings is 1. The topological polar surface area (TPSA) is 62.8 Å². The molecule has 2 aliphatic heterocycles. The Bertz CT molecular complexity index is 1230. The van der Waals surface area contributed by atoms with Crippen LogP contribution in [-0.2, 0) is 0 Å². The number of nitrogens with two attached hydrogens (primary N) is 1. The lowest BCUT2D eigenvalue weighted by molar-refractivity contribution is 0.312. The van der Waals surface area contributed by atoms with E-state index in [1.165, 1.54) is 12.1 Å². The number of hydrogen-bond donors (Lipinski definition) is 1. The van der Waals surface area contributed by atoms with Crippen LogP contribution in [0.3, 0.4) is 0 Å². The first kappa shape index (κ1) is 22.2. The zero-order valence-electron chi connectivity index (χ0n) is 19.4. The normalized spacial score (nSPS) is 18.8. The van der Waals surface area contributed by atoms with E-state index in [2.05, 4.69) is 40.0 Å². The van der Waals surface area contributed by atoms with Gasteiger partial charge in [-0.05, 0) is 43.5 Å². The smallest absolute Gasteiger partial charge is 0.138 e. The number of anilines is 2. The van der Waals surface area contributed by atoms with Gasteiger partial charge in [0.05, 0.1) is 19.0 Å². The fourth-order valence-corrected chi connectivity index (χ4v) is 4.44. The molecule has 7 nitrogen and oxygen atoms in total. The van der Waals surface area contributed by atoms with Crippen molar-refractivity contribution in [2.24, 2.45) is 5.73 Å². The van der Waals surface area contributed by atoms with Crippen LogP contribution in [0.1, 0.15) is 5.56 Å². The molecule has 0 aliphatic carbocycles. The standard InChI is InChI=1S/C26H29FN6O/c1-30-10-12-31(13-11-30)21-7-8-23(24(15-21)34-2)19-6-9-25(28)32(17-19)26-16-29-18-33(26)22-5-3-4-20(27)14-22/h3-9,14-18,25H,10-13,28H2,1-2H3. The fourth-order valence-electron chi connectivity index (χ4n) is 4.44. The van der Waals surface area contributed by atoms with Crippen molar-refractivity contribution in [3.05, 3.63) is 84.7 Å². The Morgan fingerprint density at radius 3 is 2.65 bits per heavy atom. The lowest BCUT2D eigenvalue weighted by atomic mass is 10.0. The minimum atomic E-state index is -0.386. The molecule has 1 unspecified atom stereocenters.